The minimum atomic E-state index is -4.48. The molecule has 2 heterocycles. The van der Waals surface area contributed by atoms with Crippen LogP contribution in [0.1, 0.15) is 39.4 Å². The summed E-state index contributed by atoms with van der Waals surface area (Å²) in [4.78, 5) is 27.0. The van der Waals surface area contributed by atoms with E-state index in [0.29, 0.717) is 5.69 Å². The van der Waals surface area contributed by atoms with Crippen LogP contribution in [-0.2, 0) is 6.18 Å². The fourth-order valence-corrected chi connectivity index (χ4v) is 3.40. The third-order valence-electron chi connectivity index (χ3n) is 4.97. The molecule has 1 atom stereocenters. The molecule has 0 unspecified atom stereocenters. The highest BCUT2D eigenvalue weighted by Crippen LogP contribution is 2.33. The van der Waals surface area contributed by atoms with Crippen molar-refractivity contribution in [1.29, 1.82) is 0 Å². The normalized spacial score (nSPS) is 16.2. The Morgan fingerprint density at radius 2 is 1.74 bits per heavy atom. The zero-order valence-electron chi connectivity index (χ0n) is 16.2. The first kappa shape index (κ1) is 20.6. The molecule has 160 valence electrons. The molecular weight excluding hydrogens is 416 g/mol. The number of aromatic nitrogens is 2. The van der Waals surface area contributed by atoms with Gasteiger partial charge in [0.25, 0.3) is 11.8 Å². The van der Waals surface area contributed by atoms with E-state index in [0.717, 1.165) is 24.3 Å². The number of alkyl halides is 3. The van der Waals surface area contributed by atoms with E-state index in [2.05, 4.69) is 10.4 Å². The van der Waals surface area contributed by atoms with E-state index in [4.69, 9.17) is 0 Å². The highest BCUT2D eigenvalue weighted by molar-refractivity contribution is 6.13. The number of benzene rings is 2. The summed E-state index contributed by atoms with van der Waals surface area (Å²) < 4.78 is 53.1. The highest BCUT2D eigenvalue weighted by Gasteiger charge is 2.35. The summed E-state index contributed by atoms with van der Waals surface area (Å²) in [5.74, 6) is -1.55. The summed E-state index contributed by atoms with van der Waals surface area (Å²) in [6, 6.07) is 8.90. The molecule has 0 fully saturated rings. The summed E-state index contributed by atoms with van der Waals surface area (Å²) in [5.41, 5.74) is -0.0618. The van der Waals surface area contributed by atoms with Crippen LogP contribution < -0.4 is 10.2 Å². The minimum Gasteiger partial charge on any atom is -0.319 e. The number of nitrogens with zero attached hydrogens (tertiary/aromatic N) is 3. The summed E-state index contributed by atoms with van der Waals surface area (Å²) in [6.07, 6.45) is -3.14. The molecule has 2 aromatic carbocycles. The van der Waals surface area contributed by atoms with E-state index in [-0.39, 0.29) is 29.5 Å². The van der Waals surface area contributed by atoms with Gasteiger partial charge in [-0.2, -0.15) is 18.3 Å². The Labute approximate surface area is 174 Å². The fraction of sp³-hybridized carbons (Fsp3) is 0.190. The van der Waals surface area contributed by atoms with Gasteiger partial charge in [-0.3, -0.25) is 14.3 Å². The number of rotatable bonds is 3. The van der Waals surface area contributed by atoms with Crippen LogP contribution in [0, 0.1) is 5.82 Å². The fourth-order valence-electron chi connectivity index (χ4n) is 3.40. The molecule has 0 spiro atoms. The zero-order chi connectivity index (χ0) is 22.3. The molecule has 31 heavy (non-hydrogen) atoms. The predicted molar refractivity (Wildman–Crippen MR) is 104 cm³/mol. The van der Waals surface area contributed by atoms with Gasteiger partial charge in [0.05, 0.1) is 23.5 Å². The number of amides is 2. The van der Waals surface area contributed by atoms with Crippen LogP contribution in [0.2, 0.25) is 0 Å². The highest BCUT2D eigenvalue weighted by atomic mass is 19.4. The molecule has 2 amide bonds. The molecule has 10 heteroatoms. The second-order valence-corrected chi connectivity index (χ2v) is 7.12. The van der Waals surface area contributed by atoms with Gasteiger partial charge in [0.1, 0.15) is 5.82 Å². The topological polar surface area (TPSA) is 67.2 Å². The average Bonchev–Trinajstić information content (AvgIpc) is 3.15. The lowest BCUT2D eigenvalue weighted by molar-refractivity contribution is -0.137. The Morgan fingerprint density at radius 3 is 2.35 bits per heavy atom. The maximum absolute atomic E-state index is 13.1. The second kappa shape index (κ2) is 7.53. The number of fused-ring (bicyclic) bond motifs is 1. The minimum absolute atomic E-state index is 0.106. The van der Waals surface area contributed by atoms with Crippen LogP contribution in [-0.4, -0.2) is 28.1 Å². The molecule has 0 saturated heterocycles. The van der Waals surface area contributed by atoms with Gasteiger partial charge in [-0.25, -0.2) is 4.39 Å². The smallest absolute Gasteiger partial charge is 0.319 e. The van der Waals surface area contributed by atoms with Gasteiger partial charge >= 0.3 is 6.18 Å². The number of carbonyl (C=O) groups is 2. The van der Waals surface area contributed by atoms with E-state index in [1.54, 1.807) is 6.92 Å². The molecule has 1 aliphatic rings. The molecule has 4 rings (SSSR count). The molecule has 1 aliphatic heterocycles. The second-order valence-electron chi connectivity index (χ2n) is 7.12. The Bertz CT molecular complexity index is 1140. The molecule has 0 radical (unpaired) electrons. The van der Waals surface area contributed by atoms with Crippen molar-refractivity contribution in [3.63, 3.8) is 0 Å². The number of hydrogen-bond acceptors (Lipinski definition) is 3. The third kappa shape index (κ3) is 3.88. The van der Waals surface area contributed by atoms with Crippen molar-refractivity contribution >= 4 is 23.2 Å². The molecule has 6 nitrogen and oxygen atoms in total. The van der Waals surface area contributed by atoms with Crippen LogP contribution in [0.5, 0.6) is 0 Å². The maximum Gasteiger partial charge on any atom is 0.416 e. The summed E-state index contributed by atoms with van der Waals surface area (Å²) in [5, 5.41) is 6.77. The number of halogens is 4. The lowest BCUT2D eigenvalue weighted by Crippen LogP contribution is -2.43. The molecule has 0 bridgehead atoms. The van der Waals surface area contributed by atoms with Crippen molar-refractivity contribution < 1.29 is 27.2 Å². The van der Waals surface area contributed by atoms with Crippen molar-refractivity contribution in [1.82, 2.24) is 9.78 Å². The molecular formula is C21H16F4N4O2. The molecule has 1 aromatic heterocycles. The molecule has 3 aromatic rings. The standard InChI is InChI=1S/C21H16F4N4O2/c1-12-11-28(16-8-4-14(5-9-16)21(23,24)25)20(31)18-17(10-26-29(12)18)27-19(30)13-2-6-15(22)7-3-13/h2-10,12H,11H2,1H3,(H,27,30)/t12-/m0/s1. The van der Waals surface area contributed by atoms with E-state index in [9.17, 15) is 27.2 Å². The molecule has 0 saturated carbocycles. The van der Waals surface area contributed by atoms with Crippen molar-refractivity contribution in [3.05, 3.63) is 77.4 Å². The number of anilines is 2. The van der Waals surface area contributed by atoms with Crippen LogP contribution in [0.25, 0.3) is 0 Å². The Kier molecular flexibility index (Phi) is 5.00. The van der Waals surface area contributed by atoms with Crippen molar-refractivity contribution in [2.24, 2.45) is 0 Å². The van der Waals surface area contributed by atoms with Crippen LogP contribution in [0.4, 0.5) is 28.9 Å². The van der Waals surface area contributed by atoms with Gasteiger partial charge in [-0.05, 0) is 55.5 Å². The molecule has 0 aliphatic carbocycles. The van der Waals surface area contributed by atoms with E-state index in [1.807, 2.05) is 0 Å². The van der Waals surface area contributed by atoms with Crippen molar-refractivity contribution in [2.45, 2.75) is 19.1 Å². The Morgan fingerprint density at radius 1 is 1.10 bits per heavy atom. The lowest BCUT2D eigenvalue weighted by Gasteiger charge is -2.32. The largest absolute Gasteiger partial charge is 0.416 e. The van der Waals surface area contributed by atoms with E-state index >= 15 is 0 Å². The Hall–Kier alpha value is -3.69. The van der Waals surface area contributed by atoms with Crippen LogP contribution in [0.3, 0.4) is 0 Å². The lowest BCUT2D eigenvalue weighted by atomic mass is 10.1. The SMILES string of the molecule is C[C@H]1CN(c2ccc(C(F)(F)F)cc2)C(=O)c2c(NC(=O)c3ccc(F)cc3)cnn21. The quantitative estimate of drug-likeness (QED) is 0.619. The monoisotopic (exact) mass is 432 g/mol. The van der Waals surface area contributed by atoms with Gasteiger partial charge in [0.15, 0.2) is 5.69 Å². The summed E-state index contributed by atoms with van der Waals surface area (Å²) >= 11 is 0. The first-order valence-electron chi connectivity index (χ1n) is 9.28. The van der Waals surface area contributed by atoms with Gasteiger partial charge in [0, 0.05) is 17.8 Å². The predicted octanol–water partition coefficient (Wildman–Crippen LogP) is 4.51. The van der Waals surface area contributed by atoms with Crippen molar-refractivity contribution in [3.8, 4) is 0 Å². The van der Waals surface area contributed by atoms with Crippen LogP contribution >= 0.6 is 0 Å². The summed E-state index contributed by atoms with van der Waals surface area (Å²) in [6.45, 7) is 2.00. The van der Waals surface area contributed by atoms with Crippen LogP contribution in [0.15, 0.2) is 54.7 Å². The van der Waals surface area contributed by atoms with Gasteiger partial charge in [0.2, 0.25) is 0 Å². The van der Waals surface area contributed by atoms with Gasteiger partial charge < -0.3 is 10.2 Å². The number of carbonyl (C=O) groups excluding carboxylic acids is 2. The first-order valence-corrected chi connectivity index (χ1v) is 9.28. The Balaban J connectivity index is 1.62. The van der Waals surface area contributed by atoms with Gasteiger partial charge in [-0.15, -0.1) is 0 Å². The van der Waals surface area contributed by atoms with Crippen molar-refractivity contribution in [2.75, 3.05) is 16.8 Å². The molecule has 1 N–H and O–H groups in total. The maximum atomic E-state index is 13.1. The first-order chi connectivity index (χ1) is 14.6. The van der Waals surface area contributed by atoms with Gasteiger partial charge in [-0.1, -0.05) is 0 Å². The van der Waals surface area contributed by atoms with E-state index < -0.39 is 29.4 Å². The third-order valence-corrected chi connectivity index (χ3v) is 4.97. The van der Waals surface area contributed by atoms with E-state index in [1.165, 1.54) is 40.0 Å². The zero-order valence-corrected chi connectivity index (χ0v) is 16.2. The summed E-state index contributed by atoms with van der Waals surface area (Å²) in [7, 11) is 0. The number of nitrogens with one attached hydrogen (secondary N) is 1. The number of hydrogen-bond donors (Lipinski definition) is 1. The average molecular weight is 432 g/mol.